The van der Waals surface area contributed by atoms with E-state index in [0.717, 1.165) is 32.5 Å². The lowest BCUT2D eigenvalue weighted by molar-refractivity contribution is -0.917. The van der Waals surface area contributed by atoms with Gasteiger partial charge in [0.25, 0.3) is 0 Å². The summed E-state index contributed by atoms with van der Waals surface area (Å²) in [6, 6.07) is 11.1. The van der Waals surface area contributed by atoms with Gasteiger partial charge in [-0.05, 0) is 37.0 Å². The molecule has 0 fully saturated rings. The summed E-state index contributed by atoms with van der Waals surface area (Å²) in [6.07, 6.45) is 3.66. The van der Waals surface area contributed by atoms with Crippen LogP contribution in [0.25, 0.3) is 0 Å². The van der Waals surface area contributed by atoms with Crippen LogP contribution in [0.2, 0.25) is 0 Å². The fraction of sp³-hybridized carbons (Fsp3) is 0.524. The molecular weight excluding hydrogens is 315 g/mol. The highest BCUT2D eigenvalue weighted by Gasteiger charge is 2.17. The molecule has 0 saturated carbocycles. The zero-order valence-corrected chi connectivity index (χ0v) is 15.7. The molecule has 25 heavy (non-hydrogen) atoms. The zero-order valence-electron chi connectivity index (χ0n) is 15.7. The van der Waals surface area contributed by atoms with Crippen molar-refractivity contribution in [1.29, 1.82) is 0 Å². The van der Waals surface area contributed by atoms with Crippen LogP contribution in [0.4, 0.5) is 4.39 Å². The highest BCUT2D eigenvalue weighted by Crippen LogP contribution is 2.11. The summed E-state index contributed by atoms with van der Waals surface area (Å²) in [5, 5.41) is 10.1. The summed E-state index contributed by atoms with van der Waals surface area (Å²) in [5.41, 5.74) is 1.89. The number of rotatable bonds is 10. The second-order valence-corrected chi connectivity index (χ2v) is 7.34. The van der Waals surface area contributed by atoms with E-state index in [-0.39, 0.29) is 11.9 Å². The number of hydrogen-bond donors (Lipinski definition) is 2. The van der Waals surface area contributed by atoms with Gasteiger partial charge in [-0.3, -0.25) is 0 Å². The average molecular weight is 347 g/mol. The Balaban J connectivity index is 2.08. The molecule has 2 N–H and O–H groups in total. The first-order valence-corrected chi connectivity index (χ1v) is 9.38. The quantitative estimate of drug-likeness (QED) is 0.680. The highest BCUT2D eigenvalue weighted by molar-refractivity contribution is 5.19. The van der Waals surface area contributed by atoms with Crippen LogP contribution in [0.3, 0.4) is 0 Å². The average Bonchev–Trinajstić information content (AvgIpc) is 3.01. The Morgan fingerprint density at radius 1 is 1.16 bits per heavy atom. The van der Waals surface area contributed by atoms with Gasteiger partial charge in [0.15, 0.2) is 0 Å². The molecule has 0 aliphatic carbocycles. The largest absolute Gasteiger partial charge is 0.387 e. The molecule has 2 aromatic rings. The maximum Gasteiger partial charge on any atom is 0.128 e. The van der Waals surface area contributed by atoms with Crippen LogP contribution >= 0.6 is 0 Å². The molecule has 0 aliphatic heterocycles. The van der Waals surface area contributed by atoms with E-state index in [1.54, 1.807) is 6.07 Å². The maximum atomic E-state index is 14.0. The zero-order chi connectivity index (χ0) is 18.2. The van der Waals surface area contributed by atoms with Gasteiger partial charge in [0.05, 0.1) is 18.8 Å². The van der Waals surface area contributed by atoms with Gasteiger partial charge in [0, 0.05) is 11.8 Å². The Hall–Kier alpha value is -1.65. The molecule has 3 nitrogen and oxygen atoms in total. The molecular formula is C21H32FN2O+. The minimum absolute atomic E-state index is 0.160. The molecule has 0 saturated heterocycles. The van der Waals surface area contributed by atoms with E-state index in [4.69, 9.17) is 0 Å². The molecule has 0 spiro atoms. The molecule has 0 amide bonds. The summed E-state index contributed by atoms with van der Waals surface area (Å²) >= 11 is 0. The summed E-state index contributed by atoms with van der Waals surface area (Å²) < 4.78 is 16.1. The Bertz CT molecular complexity index is 638. The van der Waals surface area contributed by atoms with Crippen LogP contribution in [0.1, 0.15) is 44.9 Å². The van der Waals surface area contributed by atoms with Crippen molar-refractivity contribution in [2.24, 2.45) is 5.92 Å². The third-order valence-corrected chi connectivity index (χ3v) is 4.72. The Labute approximate surface area is 151 Å². The van der Waals surface area contributed by atoms with Crippen molar-refractivity contribution in [2.75, 3.05) is 13.1 Å². The number of nitrogens with zero attached hydrogens (tertiary/aromatic N) is 1. The highest BCUT2D eigenvalue weighted by atomic mass is 19.1. The molecule has 2 rings (SSSR count). The molecule has 1 unspecified atom stereocenters. The summed E-state index contributed by atoms with van der Waals surface area (Å²) in [5.74, 6) is 0.492. The maximum absolute atomic E-state index is 14.0. The Kier molecular flexibility index (Phi) is 7.66. The second kappa shape index (κ2) is 9.73. The third-order valence-electron chi connectivity index (χ3n) is 4.72. The van der Waals surface area contributed by atoms with Crippen molar-refractivity contribution >= 4 is 0 Å². The lowest BCUT2D eigenvalue weighted by atomic mass is 10.1. The smallest absolute Gasteiger partial charge is 0.128 e. The SMILES string of the molecule is CC[C@H](O)C[NH+](CCC(C)C)Cc1cccn1Cc1ccccc1F. The first-order chi connectivity index (χ1) is 12.0. The number of aliphatic hydroxyl groups is 1. The number of nitrogens with one attached hydrogen (secondary N) is 1. The van der Waals surface area contributed by atoms with Crippen molar-refractivity contribution in [3.63, 3.8) is 0 Å². The number of halogens is 1. The van der Waals surface area contributed by atoms with Gasteiger partial charge in [0.2, 0.25) is 0 Å². The molecule has 2 atom stereocenters. The van der Waals surface area contributed by atoms with Gasteiger partial charge in [-0.25, -0.2) is 4.39 Å². The van der Waals surface area contributed by atoms with Gasteiger partial charge < -0.3 is 14.6 Å². The molecule has 4 heteroatoms. The molecule has 0 radical (unpaired) electrons. The Morgan fingerprint density at radius 2 is 1.92 bits per heavy atom. The lowest BCUT2D eigenvalue weighted by Gasteiger charge is -2.23. The van der Waals surface area contributed by atoms with E-state index in [1.165, 1.54) is 16.7 Å². The van der Waals surface area contributed by atoms with Crippen molar-refractivity contribution in [3.05, 3.63) is 59.7 Å². The van der Waals surface area contributed by atoms with E-state index in [1.807, 2.05) is 31.3 Å². The first kappa shape index (κ1) is 19.7. The van der Waals surface area contributed by atoms with Crippen molar-refractivity contribution in [3.8, 4) is 0 Å². The monoisotopic (exact) mass is 347 g/mol. The summed E-state index contributed by atoms with van der Waals surface area (Å²) in [7, 11) is 0. The fourth-order valence-electron chi connectivity index (χ4n) is 3.06. The topological polar surface area (TPSA) is 29.6 Å². The molecule has 1 aromatic carbocycles. The third kappa shape index (κ3) is 6.29. The summed E-state index contributed by atoms with van der Waals surface area (Å²) in [4.78, 5) is 1.39. The minimum Gasteiger partial charge on any atom is -0.387 e. The van der Waals surface area contributed by atoms with Crippen LogP contribution in [-0.4, -0.2) is 28.9 Å². The van der Waals surface area contributed by atoms with Gasteiger partial charge in [-0.15, -0.1) is 0 Å². The number of aromatic nitrogens is 1. The van der Waals surface area contributed by atoms with Crippen LogP contribution < -0.4 is 4.90 Å². The van der Waals surface area contributed by atoms with Crippen LogP contribution in [-0.2, 0) is 13.1 Å². The predicted molar refractivity (Wildman–Crippen MR) is 100 cm³/mol. The van der Waals surface area contributed by atoms with E-state index in [9.17, 15) is 9.50 Å². The lowest BCUT2D eigenvalue weighted by Crippen LogP contribution is -3.12. The van der Waals surface area contributed by atoms with Crippen LogP contribution in [0, 0.1) is 11.7 Å². The van der Waals surface area contributed by atoms with E-state index < -0.39 is 0 Å². The van der Waals surface area contributed by atoms with Gasteiger partial charge in [-0.2, -0.15) is 0 Å². The van der Waals surface area contributed by atoms with E-state index in [0.29, 0.717) is 18.0 Å². The van der Waals surface area contributed by atoms with Crippen molar-refractivity contribution < 1.29 is 14.4 Å². The number of aliphatic hydroxyl groups excluding tert-OH is 1. The molecule has 0 bridgehead atoms. The molecule has 138 valence electrons. The summed E-state index contributed by atoms with van der Waals surface area (Å²) in [6.45, 7) is 9.68. The van der Waals surface area contributed by atoms with Crippen LogP contribution in [0.5, 0.6) is 0 Å². The number of benzene rings is 1. The number of hydrogen-bond acceptors (Lipinski definition) is 1. The van der Waals surface area contributed by atoms with Crippen LogP contribution in [0.15, 0.2) is 42.6 Å². The van der Waals surface area contributed by atoms with E-state index >= 15 is 0 Å². The number of quaternary nitrogens is 1. The minimum atomic E-state index is -0.267. The van der Waals surface area contributed by atoms with E-state index in [2.05, 4.69) is 24.5 Å². The molecule has 1 aromatic heterocycles. The molecule has 0 aliphatic rings. The van der Waals surface area contributed by atoms with Gasteiger partial charge in [0.1, 0.15) is 25.0 Å². The first-order valence-electron chi connectivity index (χ1n) is 9.38. The fourth-order valence-corrected chi connectivity index (χ4v) is 3.06. The Morgan fingerprint density at radius 3 is 2.60 bits per heavy atom. The molecule has 1 heterocycles. The van der Waals surface area contributed by atoms with Gasteiger partial charge >= 0.3 is 0 Å². The predicted octanol–water partition coefficient (Wildman–Crippen LogP) is 2.88. The normalized spacial score (nSPS) is 14.0. The van der Waals surface area contributed by atoms with Crippen molar-refractivity contribution in [1.82, 2.24) is 4.57 Å². The van der Waals surface area contributed by atoms with Crippen molar-refractivity contribution in [2.45, 2.75) is 52.8 Å². The van der Waals surface area contributed by atoms with Gasteiger partial charge in [-0.1, -0.05) is 39.0 Å². The standard InChI is InChI=1S/C21H31FN2O/c1-4-20(25)16-23(13-11-17(2)3)15-19-9-7-12-24(19)14-18-8-5-6-10-21(18)22/h5-10,12,17,20,25H,4,11,13-16H2,1-3H3/p+1/t20-/m0/s1. The second-order valence-electron chi connectivity index (χ2n) is 7.34.